The molecule has 3 rings (SSSR count). The molecular formula is C18H23N3OS. The summed E-state index contributed by atoms with van der Waals surface area (Å²) in [4.78, 5) is 23.8. The average Bonchev–Trinajstić information content (AvgIpc) is 2.88. The number of carbonyl (C=O) groups excluding carboxylic acids is 1. The van der Waals surface area contributed by atoms with Crippen LogP contribution in [0, 0.1) is 19.8 Å². The van der Waals surface area contributed by atoms with Crippen molar-refractivity contribution >= 4 is 17.2 Å². The zero-order chi connectivity index (χ0) is 16.4. The van der Waals surface area contributed by atoms with Gasteiger partial charge in [0.25, 0.3) is 0 Å². The number of aromatic nitrogens is 2. The van der Waals surface area contributed by atoms with E-state index in [-0.39, 0.29) is 5.91 Å². The molecule has 1 saturated heterocycles. The van der Waals surface area contributed by atoms with E-state index < -0.39 is 0 Å². The van der Waals surface area contributed by atoms with Crippen molar-refractivity contribution < 1.29 is 4.79 Å². The third-order valence-electron chi connectivity index (χ3n) is 4.66. The molecule has 0 N–H and O–H groups in total. The fraction of sp³-hybridized carbons (Fsp3) is 0.500. The molecule has 3 heterocycles. The summed E-state index contributed by atoms with van der Waals surface area (Å²) < 4.78 is 0. The average molecular weight is 329 g/mol. The highest BCUT2D eigenvalue weighted by molar-refractivity contribution is 7.15. The van der Waals surface area contributed by atoms with Gasteiger partial charge < -0.3 is 4.90 Å². The predicted octanol–water partition coefficient (Wildman–Crippen LogP) is 3.62. The third-order valence-corrected chi connectivity index (χ3v) is 5.78. The SMILES string of the molecule is CC(=O)N1CCC(Cc2ccc(-c3nc(C)c(C)s3)cn2)CC1. The number of aryl methyl sites for hydroxylation is 2. The van der Waals surface area contributed by atoms with Gasteiger partial charge in [-0.25, -0.2) is 4.98 Å². The molecule has 1 aliphatic heterocycles. The molecule has 0 bridgehead atoms. The number of hydrogen-bond acceptors (Lipinski definition) is 4. The first-order valence-electron chi connectivity index (χ1n) is 8.18. The molecule has 2 aromatic rings. The lowest BCUT2D eigenvalue weighted by Crippen LogP contribution is -2.37. The smallest absolute Gasteiger partial charge is 0.219 e. The van der Waals surface area contributed by atoms with Gasteiger partial charge in [0.1, 0.15) is 5.01 Å². The minimum absolute atomic E-state index is 0.194. The van der Waals surface area contributed by atoms with Crippen LogP contribution in [0.5, 0.6) is 0 Å². The maximum absolute atomic E-state index is 11.4. The number of pyridine rings is 1. The van der Waals surface area contributed by atoms with Crippen LogP contribution < -0.4 is 0 Å². The maximum atomic E-state index is 11.4. The minimum atomic E-state index is 0.194. The number of thiazole rings is 1. The van der Waals surface area contributed by atoms with E-state index in [1.165, 1.54) is 4.88 Å². The lowest BCUT2D eigenvalue weighted by molar-refractivity contribution is -0.130. The van der Waals surface area contributed by atoms with E-state index in [9.17, 15) is 4.79 Å². The molecule has 0 spiro atoms. The highest BCUT2D eigenvalue weighted by atomic mass is 32.1. The van der Waals surface area contributed by atoms with Crippen molar-refractivity contribution in [3.8, 4) is 10.6 Å². The molecular weight excluding hydrogens is 306 g/mol. The Labute approximate surface area is 141 Å². The lowest BCUT2D eigenvalue weighted by atomic mass is 9.92. The van der Waals surface area contributed by atoms with E-state index in [0.717, 1.165) is 54.3 Å². The van der Waals surface area contributed by atoms with Gasteiger partial charge in [-0.2, -0.15) is 0 Å². The molecule has 0 aromatic carbocycles. The highest BCUT2D eigenvalue weighted by Gasteiger charge is 2.21. The zero-order valence-electron chi connectivity index (χ0n) is 14.0. The normalized spacial score (nSPS) is 15.9. The molecule has 0 aliphatic carbocycles. The summed E-state index contributed by atoms with van der Waals surface area (Å²) in [5, 5.41) is 1.05. The second-order valence-electron chi connectivity index (χ2n) is 6.35. The fourth-order valence-corrected chi connectivity index (χ4v) is 3.92. The lowest BCUT2D eigenvalue weighted by Gasteiger charge is -2.31. The van der Waals surface area contributed by atoms with Crippen molar-refractivity contribution in [3.63, 3.8) is 0 Å². The minimum Gasteiger partial charge on any atom is -0.343 e. The second kappa shape index (κ2) is 6.79. The molecule has 4 nitrogen and oxygen atoms in total. The first-order chi connectivity index (χ1) is 11.0. The Morgan fingerprint density at radius 3 is 2.57 bits per heavy atom. The Bertz CT molecular complexity index is 665. The molecule has 23 heavy (non-hydrogen) atoms. The number of nitrogens with zero attached hydrogens (tertiary/aromatic N) is 3. The first kappa shape index (κ1) is 16.1. The van der Waals surface area contributed by atoms with Crippen molar-refractivity contribution in [2.45, 2.75) is 40.0 Å². The Kier molecular flexibility index (Phi) is 4.76. The van der Waals surface area contributed by atoms with Crippen LogP contribution in [0.15, 0.2) is 18.3 Å². The van der Waals surface area contributed by atoms with Gasteiger partial charge >= 0.3 is 0 Å². The van der Waals surface area contributed by atoms with Crippen LogP contribution in [-0.2, 0) is 11.2 Å². The summed E-state index contributed by atoms with van der Waals surface area (Å²) in [5.74, 6) is 0.827. The Morgan fingerprint density at radius 2 is 2.04 bits per heavy atom. The Hall–Kier alpha value is -1.75. The largest absolute Gasteiger partial charge is 0.343 e. The van der Waals surface area contributed by atoms with E-state index >= 15 is 0 Å². The fourth-order valence-electron chi connectivity index (χ4n) is 3.02. The van der Waals surface area contributed by atoms with Gasteiger partial charge in [0.05, 0.1) is 5.69 Å². The number of rotatable bonds is 3. The molecule has 0 saturated carbocycles. The van der Waals surface area contributed by atoms with Gasteiger partial charge in [-0.3, -0.25) is 9.78 Å². The van der Waals surface area contributed by atoms with Crippen LogP contribution in [0.25, 0.3) is 10.6 Å². The summed E-state index contributed by atoms with van der Waals surface area (Å²) in [6.45, 7) is 7.57. The van der Waals surface area contributed by atoms with Crippen LogP contribution in [0.4, 0.5) is 0 Å². The summed E-state index contributed by atoms with van der Waals surface area (Å²) >= 11 is 1.72. The van der Waals surface area contributed by atoms with Crippen LogP contribution >= 0.6 is 11.3 Å². The Morgan fingerprint density at radius 1 is 1.30 bits per heavy atom. The molecule has 2 aromatic heterocycles. The maximum Gasteiger partial charge on any atom is 0.219 e. The van der Waals surface area contributed by atoms with Crippen molar-refractivity contribution in [2.75, 3.05) is 13.1 Å². The summed E-state index contributed by atoms with van der Waals surface area (Å²) in [7, 11) is 0. The Balaban J connectivity index is 1.61. The molecule has 1 fully saturated rings. The van der Waals surface area contributed by atoms with Gasteiger partial charge in [-0.1, -0.05) is 0 Å². The molecule has 0 unspecified atom stereocenters. The molecule has 5 heteroatoms. The van der Waals surface area contributed by atoms with E-state index in [1.807, 2.05) is 18.0 Å². The van der Waals surface area contributed by atoms with Crippen molar-refractivity contribution in [1.29, 1.82) is 0 Å². The van der Waals surface area contributed by atoms with E-state index in [0.29, 0.717) is 5.92 Å². The van der Waals surface area contributed by atoms with Gasteiger partial charge in [0.2, 0.25) is 5.91 Å². The molecule has 1 amide bonds. The van der Waals surface area contributed by atoms with Gasteiger partial charge in [0.15, 0.2) is 0 Å². The molecule has 1 aliphatic rings. The summed E-state index contributed by atoms with van der Waals surface area (Å²) in [6.07, 6.45) is 5.10. The van der Waals surface area contributed by atoms with Crippen molar-refractivity contribution in [2.24, 2.45) is 5.92 Å². The van der Waals surface area contributed by atoms with Crippen molar-refractivity contribution in [1.82, 2.24) is 14.9 Å². The topological polar surface area (TPSA) is 46.1 Å². The number of piperidine rings is 1. The van der Waals surface area contributed by atoms with Crippen LogP contribution in [0.1, 0.15) is 36.0 Å². The number of carbonyl (C=O) groups is 1. The first-order valence-corrected chi connectivity index (χ1v) is 8.99. The quantitative estimate of drug-likeness (QED) is 0.864. The molecule has 122 valence electrons. The second-order valence-corrected chi connectivity index (χ2v) is 7.56. The molecule has 0 radical (unpaired) electrons. The standard InChI is InChI=1S/C18H23N3OS/c1-12-13(2)23-18(20-12)16-4-5-17(19-11-16)10-15-6-8-21(9-7-15)14(3)22/h4-5,11,15H,6-10H2,1-3H3. The van der Waals surface area contributed by atoms with Crippen LogP contribution in [0.2, 0.25) is 0 Å². The van der Waals surface area contributed by atoms with Crippen LogP contribution in [0.3, 0.4) is 0 Å². The number of hydrogen-bond donors (Lipinski definition) is 0. The molecule has 0 atom stereocenters. The van der Waals surface area contributed by atoms with E-state index in [2.05, 4.69) is 29.0 Å². The van der Waals surface area contributed by atoms with Crippen LogP contribution in [-0.4, -0.2) is 33.9 Å². The van der Waals surface area contributed by atoms with Crippen molar-refractivity contribution in [3.05, 3.63) is 34.6 Å². The monoisotopic (exact) mass is 329 g/mol. The van der Waals surface area contributed by atoms with Gasteiger partial charge in [-0.15, -0.1) is 11.3 Å². The highest BCUT2D eigenvalue weighted by Crippen LogP contribution is 2.27. The summed E-state index contributed by atoms with van der Waals surface area (Å²) in [6, 6.07) is 4.25. The number of amides is 1. The predicted molar refractivity (Wildman–Crippen MR) is 93.5 cm³/mol. The number of likely N-dealkylation sites (tertiary alicyclic amines) is 1. The van der Waals surface area contributed by atoms with E-state index in [4.69, 9.17) is 0 Å². The van der Waals surface area contributed by atoms with Gasteiger partial charge in [-0.05, 0) is 51.2 Å². The third kappa shape index (κ3) is 3.78. The zero-order valence-corrected chi connectivity index (χ0v) is 14.8. The summed E-state index contributed by atoms with van der Waals surface area (Å²) in [5.41, 5.74) is 3.34. The van der Waals surface area contributed by atoms with Gasteiger partial charge in [0, 0.05) is 42.3 Å². The van der Waals surface area contributed by atoms with E-state index in [1.54, 1.807) is 18.3 Å².